The van der Waals surface area contributed by atoms with Crippen molar-refractivity contribution < 1.29 is 9.53 Å². The highest BCUT2D eigenvalue weighted by atomic mass is 16.5. The van der Waals surface area contributed by atoms with Crippen LogP contribution in [-0.2, 0) is 4.74 Å². The summed E-state index contributed by atoms with van der Waals surface area (Å²) >= 11 is 0. The third-order valence-corrected chi connectivity index (χ3v) is 3.82. The Morgan fingerprint density at radius 2 is 2.24 bits per heavy atom. The number of rotatable bonds is 5. The minimum absolute atomic E-state index is 0.347. The second-order valence-electron chi connectivity index (χ2n) is 5.74. The number of esters is 1. The maximum absolute atomic E-state index is 12.0. The molecule has 0 amide bonds. The number of ether oxygens (including phenoxy) is 1. The molecule has 1 aromatic rings. The SMILES string of the molecule is CCOC(=O)c1cc(N2CCCC2CN(C)C)ccc1N. The highest BCUT2D eigenvalue weighted by Gasteiger charge is 2.26. The normalized spacial score (nSPS) is 18.3. The molecule has 5 heteroatoms. The predicted octanol–water partition coefficient (Wildman–Crippen LogP) is 1.98. The molecule has 1 aromatic carbocycles. The molecule has 1 saturated heterocycles. The van der Waals surface area contributed by atoms with Crippen LogP contribution in [0.4, 0.5) is 11.4 Å². The Balaban J connectivity index is 2.23. The summed E-state index contributed by atoms with van der Waals surface area (Å²) in [5.41, 5.74) is 7.90. The van der Waals surface area contributed by atoms with Gasteiger partial charge in [-0.2, -0.15) is 0 Å². The van der Waals surface area contributed by atoms with E-state index < -0.39 is 0 Å². The van der Waals surface area contributed by atoms with Crippen molar-refractivity contribution >= 4 is 17.3 Å². The molecule has 0 spiro atoms. The van der Waals surface area contributed by atoms with E-state index in [2.05, 4.69) is 23.9 Å². The number of likely N-dealkylation sites (N-methyl/N-ethyl adjacent to an activating group) is 1. The predicted molar refractivity (Wildman–Crippen MR) is 85.7 cm³/mol. The van der Waals surface area contributed by atoms with Crippen molar-refractivity contribution in [2.24, 2.45) is 0 Å². The van der Waals surface area contributed by atoms with Gasteiger partial charge in [-0.15, -0.1) is 0 Å². The van der Waals surface area contributed by atoms with Crippen LogP contribution >= 0.6 is 0 Å². The molecule has 0 saturated carbocycles. The minimum atomic E-state index is -0.347. The van der Waals surface area contributed by atoms with Crippen molar-refractivity contribution in [1.82, 2.24) is 4.90 Å². The number of hydrogen-bond acceptors (Lipinski definition) is 5. The van der Waals surface area contributed by atoms with Crippen molar-refractivity contribution in [3.63, 3.8) is 0 Å². The van der Waals surface area contributed by atoms with Crippen molar-refractivity contribution in [2.75, 3.05) is 44.4 Å². The Labute approximate surface area is 126 Å². The Morgan fingerprint density at radius 3 is 2.90 bits per heavy atom. The molecule has 1 unspecified atom stereocenters. The Bertz CT molecular complexity index is 502. The Morgan fingerprint density at radius 1 is 1.48 bits per heavy atom. The summed E-state index contributed by atoms with van der Waals surface area (Å²) in [4.78, 5) is 16.5. The van der Waals surface area contributed by atoms with E-state index in [9.17, 15) is 4.79 Å². The van der Waals surface area contributed by atoms with Gasteiger partial charge in [0.25, 0.3) is 0 Å². The van der Waals surface area contributed by atoms with Gasteiger partial charge in [0.05, 0.1) is 12.2 Å². The molecule has 5 nitrogen and oxygen atoms in total. The lowest BCUT2D eigenvalue weighted by Gasteiger charge is -2.29. The molecule has 2 rings (SSSR count). The number of nitrogens with two attached hydrogens (primary N) is 1. The number of hydrogen-bond donors (Lipinski definition) is 1. The lowest BCUT2D eigenvalue weighted by molar-refractivity contribution is 0.0527. The average molecular weight is 291 g/mol. The molecule has 1 heterocycles. The smallest absolute Gasteiger partial charge is 0.340 e. The van der Waals surface area contributed by atoms with Crippen molar-refractivity contribution in [3.05, 3.63) is 23.8 Å². The van der Waals surface area contributed by atoms with Crippen LogP contribution in [-0.4, -0.2) is 50.7 Å². The summed E-state index contributed by atoms with van der Waals surface area (Å²) in [5.74, 6) is -0.347. The first-order valence-corrected chi connectivity index (χ1v) is 7.51. The van der Waals surface area contributed by atoms with E-state index in [0.29, 0.717) is 23.9 Å². The molecule has 116 valence electrons. The fourth-order valence-electron chi connectivity index (χ4n) is 2.90. The summed E-state index contributed by atoms with van der Waals surface area (Å²) in [6, 6.07) is 6.14. The highest BCUT2D eigenvalue weighted by Crippen LogP contribution is 2.29. The van der Waals surface area contributed by atoms with E-state index in [1.807, 2.05) is 12.1 Å². The van der Waals surface area contributed by atoms with E-state index in [1.54, 1.807) is 13.0 Å². The summed E-state index contributed by atoms with van der Waals surface area (Å²) in [5, 5.41) is 0. The zero-order valence-corrected chi connectivity index (χ0v) is 13.1. The van der Waals surface area contributed by atoms with Gasteiger partial charge in [-0.05, 0) is 52.1 Å². The molecule has 21 heavy (non-hydrogen) atoms. The van der Waals surface area contributed by atoms with Gasteiger partial charge < -0.3 is 20.3 Å². The number of anilines is 2. The van der Waals surface area contributed by atoms with Gasteiger partial charge in [0.1, 0.15) is 0 Å². The standard InChI is InChI=1S/C16H25N3O2/c1-4-21-16(20)14-10-12(7-8-15(14)17)19-9-5-6-13(19)11-18(2)3/h7-8,10,13H,4-6,9,11,17H2,1-3H3. The molecule has 1 atom stereocenters. The summed E-state index contributed by atoms with van der Waals surface area (Å²) < 4.78 is 5.07. The molecule has 1 aliphatic heterocycles. The van der Waals surface area contributed by atoms with E-state index in [4.69, 9.17) is 10.5 Å². The minimum Gasteiger partial charge on any atom is -0.462 e. The van der Waals surface area contributed by atoms with E-state index in [-0.39, 0.29) is 5.97 Å². The molecule has 0 bridgehead atoms. The third kappa shape index (κ3) is 3.67. The first-order valence-electron chi connectivity index (χ1n) is 7.51. The molecular formula is C16H25N3O2. The average Bonchev–Trinajstić information content (AvgIpc) is 2.87. The zero-order chi connectivity index (χ0) is 15.4. The van der Waals surface area contributed by atoms with Gasteiger partial charge in [0, 0.05) is 30.5 Å². The molecule has 0 aromatic heterocycles. The fraction of sp³-hybridized carbons (Fsp3) is 0.562. The van der Waals surface area contributed by atoms with Crippen LogP contribution in [0.1, 0.15) is 30.1 Å². The molecule has 0 aliphatic carbocycles. The maximum Gasteiger partial charge on any atom is 0.340 e. The van der Waals surface area contributed by atoms with Crippen LogP contribution in [0.5, 0.6) is 0 Å². The zero-order valence-electron chi connectivity index (χ0n) is 13.1. The molecule has 0 radical (unpaired) electrons. The number of nitrogens with zero attached hydrogens (tertiary/aromatic N) is 2. The van der Waals surface area contributed by atoms with Gasteiger partial charge in [-0.25, -0.2) is 4.79 Å². The highest BCUT2D eigenvalue weighted by molar-refractivity contribution is 5.96. The molecule has 1 fully saturated rings. The lowest BCUT2D eigenvalue weighted by atomic mass is 10.1. The number of carbonyl (C=O) groups excluding carboxylic acids is 1. The van der Waals surface area contributed by atoms with Gasteiger partial charge in [-0.1, -0.05) is 0 Å². The van der Waals surface area contributed by atoms with Crippen LogP contribution in [0.15, 0.2) is 18.2 Å². The van der Waals surface area contributed by atoms with Crippen LogP contribution in [0.3, 0.4) is 0 Å². The van der Waals surface area contributed by atoms with Crippen LogP contribution in [0, 0.1) is 0 Å². The number of nitrogen functional groups attached to an aromatic ring is 1. The fourth-order valence-corrected chi connectivity index (χ4v) is 2.90. The monoisotopic (exact) mass is 291 g/mol. The molecule has 1 aliphatic rings. The van der Waals surface area contributed by atoms with Crippen molar-refractivity contribution in [3.8, 4) is 0 Å². The largest absolute Gasteiger partial charge is 0.462 e. The van der Waals surface area contributed by atoms with E-state index >= 15 is 0 Å². The third-order valence-electron chi connectivity index (χ3n) is 3.82. The van der Waals surface area contributed by atoms with Gasteiger partial charge >= 0.3 is 5.97 Å². The number of carbonyl (C=O) groups is 1. The van der Waals surface area contributed by atoms with Crippen molar-refractivity contribution in [1.29, 1.82) is 0 Å². The van der Waals surface area contributed by atoms with Crippen LogP contribution in [0.2, 0.25) is 0 Å². The lowest BCUT2D eigenvalue weighted by Crippen LogP contribution is -2.37. The van der Waals surface area contributed by atoms with Crippen LogP contribution < -0.4 is 10.6 Å². The van der Waals surface area contributed by atoms with Crippen LogP contribution in [0.25, 0.3) is 0 Å². The second kappa shape index (κ2) is 6.80. The molecule has 2 N–H and O–H groups in total. The topological polar surface area (TPSA) is 58.8 Å². The summed E-state index contributed by atoms with van der Waals surface area (Å²) in [7, 11) is 4.17. The maximum atomic E-state index is 12.0. The van der Waals surface area contributed by atoms with E-state index in [0.717, 1.165) is 18.8 Å². The summed E-state index contributed by atoms with van der Waals surface area (Å²) in [6.07, 6.45) is 2.36. The molecular weight excluding hydrogens is 266 g/mol. The first-order chi connectivity index (χ1) is 10.0. The van der Waals surface area contributed by atoms with Gasteiger partial charge in [0.15, 0.2) is 0 Å². The first kappa shape index (κ1) is 15.6. The quantitative estimate of drug-likeness (QED) is 0.664. The van der Waals surface area contributed by atoms with Crippen molar-refractivity contribution in [2.45, 2.75) is 25.8 Å². The Kier molecular flexibility index (Phi) is 5.07. The second-order valence-corrected chi connectivity index (χ2v) is 5.74. The Hall–Kier alpha value is -1.75. The van der Waals surface area contributed by atoms with E-state index in [1.165, 1.54) is 12.8 Å². The van der Waals surface area contributed by atoms with Gasteiger partial charge in [0.2, 0.25) is 0 Å². The summed E-state index contributed by atoms with van der Waals surface area (Å²) in [6.45, 7) is 4.19. The van der Waals surface area contributed by atoms with Gasteiger partial charge in [-0.3, -0.25) is 0 Å². The number of benzene rings is 1.